The molecule has 2 aromatic rings. The van der Waals surface area contributed by atoms with Gasteiger partial charge in [0.05, 0.1) is 19.3 Å². The van der Waals surface area contributed by atoms with E-state index in [1.807, 2.05) is 48.5 Å². The molecule has 3 nitrogen and oxygen atoms in total. The van der Waals surface area contributed by atoms with Crippen LogP contribution in [0.4, 0.5) is 5.69 Å². The first kappa shape index (κ1) is 15.7. The maximum absolute atomic E-state index is 9.59. The lowest BCUT2D eigenvalue weighted by molar-refractivity contribution is 0.276. The third-order valence-corrected chi connectivity index (χ3v) is 3.37. The zero-order valence-corrected chi connectivity index (χ0v) is 12.8. The molecule has 112 valence electrons. The van der Waals surface area contributed by atoms with Crippen LogP contribution in [-0.2, 0) is 0 Å². The van der Waals surface area contributed by atoms with Gasteiger partial charge in [0.1, 0.15) is 5.75 Å². The van der Waals surface area contributed by atoms with E-state index in [0.717, 1.165) is 23.4 Å². The SMILES string of the molecule is CCCOc1ccc(C(CO)Nc2ccc(Cl)cc2)cc1. The lowest BCUT2D eigenvalue weighted by Crippen LogP contribution is -2.14. The van der Waals surface area contributed by atoms with Gasteiger partial charge in [0, 0.05) is 10.7 Å². The summed E-state index contributed by atoms with van der Waals surface area (Å²) in [4.78, 5) is 0. The van der Waals surface area contributed by atoms with E-state index in [9.17, 15) is 5.11 Å². The Morgan fingerprint density at radius 3 is 2.33 bits per heavy atom. The van der Waals surface area contributed by atoms with Crippen LogP contribution < -0.4 is 10.1 Å². The molecule has 0 saturated heterocycles. The smallest absolute Gasteiger partial charge is 0.119 e. The molecule has 2 N–H and O–H groups in total. The number of aliphatic hydroxyl groups is 1. The number of aliphatic hydroxyl groups excluding tert-OH is 1. The van der Waals surface area contributed by atoms with Gasteiger partial charge in [-0.1, -0.05) is 30.7 Å². The number of halogens is 1. The van der Waals surface area contributed by atoms with Crippen molar-refractivity contribution in [2.45, 2.75) is 19.4 Å². The fourth-order valence-corrected chi connectivity index (χ4v) is 2.12. The second kappa shape index (κ2) is 7.91. The quantitative estimate of drug-likeness (QED) is 0.802. The molecule has 0 aliphatic rings. The molecule has 0 fully saturated rings. The molecule has 0 radical (unpaired) electrons. The lowest BCUT2D eigenvalue weighted by atomic mass is 10.1. The largest absolute Gasteiger partial charge is 0.494 e. The predicted octanol–water partition coefficient (Wildman–Crippen LogP) is 4.27. The molecule has 2 rings (SSSR count). The molecule has 0 aromatic heterocycles. The number of ether oxygens (including phenoxy) is 1. The third-order valence-electron chi connectivity index (χ3n) is 3.12. The molecule has 0 bridgehead atoms. The molecule has 0 saturated carbocycles. The van der Waals surface area contributed by atoms with Gasteiger partial charge in [0.2, 0.25) is 0 Å². The average molecular weight is 306 g/mol. The van der Waals surface area contributed by atoms with Crippen molar-refractivity contribution in [3.05, 3.63) is 59.1 Å². The van der Waals surface area contributed by atoms with Crippen molar-refractivity contribution in [1.82, 2.24) is 0 Å². The Kier molecular flexibility index (Phi) is 5.90. The normalized spacial score (nSPS) is 12.0. The van der Waals surface area contributed by atoms with E-state index in [4.69, 9.17) is 16.3 Å². The van der Waals surface area contributed by atoms with E-state index in [-0.39, 0.29) is 12.6 Å². The van der Waals surface area contributed by atoms with Gasteiger partial charge >= 0.3 is 0 Å². The van der Waals surface area contributed by atoms with E-state index in [1.54, 1.807) is 0 Å². The highest BCUT2D eigenvalue weighted by Crippen LogP contribution is 2.23. The first-order valence-corrected chi connectivity index (χ1v) is 7.46. The van der Waals surface area contributed by atoms with Gasteiger partial charge in [-0.15, -0.1) is 0 Å². The van der Waals surface area contributed by atoms with Crippen molar-refractivity contribution in [3.63, 3.8) is 0 Å². The van der Waals surface area contributed by atoms with Crippen LogP contribution in [0.1, 0.15) is 24.9 Å². The molecule has 0 aliphatic heterocycles. The Morgan fingerprint density at radius 1 is 1.10 bits per heavy atom. The van der Waals surface area contributed by atoms with Crippen LogP contribution >= 0.6 is 11.6 Å². The summed E-state index contributed by atoms with van der Waals surface area (Å²) in [6.45, 7) is 2.80. The number of rotatable bonds is 7. The van der Waals surface area contributed by atoms with Crippen molar-refractivity contribution in [2.75, 3.05) is 18.5 Å². The Labute approximate surface area is 130 Å². The summed E-state index contributed by atoms with van der Waals surface area (Å²) >= 11 is 5.87. The Balaban J connectivity index is 2.04. The maximum atomic E-state index is 9.59. The number of hydrogen-bond acceptors (Lipinski definition) is 3. The first-order chi connectivity index (χ1) is 10.2. The molecular formula is C17H20ClNO2. The van der Waals surface area contributed by atoms with Crippen LogP contribution in [0.25, 0.3) is 0 Å². The molecular weight excluding hydrogens is 286 g/mol. The van der Waals surface area contributed by atoms with Crippen molar-refractivity contribution in [3.8, 4) is 5.75 Å². The van der Waals surface area contributed by atoms with Crippen LogP contribution in [-0.4, -0.2) is 18.3 Å². The molecule has 1 atom stereocenters. The molecule has 1 unspecified atom stereocenters. The average Bonchev–Trinajstić information content (AvgIpc) is 2.53. The zero-order valence-electron chi connectivity index (χ0n) is 12.1. The minimum atomic E-state index is -0.161. The van der Waals surface area contributed by atoms with Gasteiger partial charge < -0.3 is 15.2 Å². The van der Waals surface area contributed by atoms with Gasteiger partial charge in [-0.3, -0.25) is 0 Å². The molecule has 0 spiro atoms. The number of nitrogens with one attached hydrogen (secondary N) is 1. The van der Waals surface area contributed by atoms with Gasteiger partial charge in [0.15, 0.2) is 0 Å². The summed E-state index contributed by atoms with van der Waals surface area (Å²) in [5, 5.41) is 13.6. The third kappa shape index (κ3) is 4.66. The first-order valence-electron chi connectivity index (χ1n) is 7.08. The van der Waals surface area contributed by atoms with E-state index in [0.29, 0.717) is 11.6 Å². The standard InChI is InChI=1S/C17H20ClNO2/c1-2-11-21-16-9-3-13(4-10-16)17(12-20)19-15-7-5-14(18)6-8-15/h3-10,17,19-20H,2,11-12H2,1H3. The van der Waals surface area contributed by atoms with Crippen LogP contribution in [0.15, 0.2) is 48.5 Å². The highest BCUT2D eigenvalue weighted by atomic mass is 35.5. The Bertz CT molecular complexity index is 540. The summed E-state index contributed by atoms with van der Waals surface area (Å²) < 4.78 is 5.56. The predicted molar refractivity (Wildman–Crippen MR) is 87.1 cm³/mol. The molecule has 4 heteroatoms. The molecule has 21 heavy (non-hydrogen) atoms. The fourth-order valence-electron chi connectivity index (χ4n) is 2.00. The van der Waals surface area contributed by atoms with Gasteiger partial charge in [-0.25, -0.2) is 0 Å². The lowest BCUT2D eigenvalue weighted by Gasteiger charge is -2.18. The summed E-state index contributed by atoms with van der Waals surface area (Å²) in [6, 6.07) is 15.1. The van der Waals surface area contributed by atoms with Crippen molar-refractivity contribution in [1.29, 1.82) is 0 Å². The molecule has 0 amide bonds. The van der Waals surface area contributed by atoms with Crippen LogP contribution in [0, 0.1) is 0 Å². The number of benzene rings is 2. The molecule has 0 aliphatic carbocycles. The summed E-state index contributed by atoms with van der Waals surface area (Å²) in [6.07, 6.45) is 0.985. The van der Waals surface area contributed by atoms with Crippen molar-refractivity contribution >= 4 is 17.3 Å². The van der Waals surface area contributed by atoms with E-state index in [2.05, 4.69) is 12.2 Å². The van der Waals surface area contributed by atoms with Gasteiger partial charge in [-0.2, -0.15) is 0 Å². The highest BCUT2D eigenvalue weighted by molar-refractivity contribution is 6.30. The number of anilines is 1. The summed E-state index contributed by atoms with van der Waals surface area (Å²) in [5.74, 6) is 0.851. The molecule has 2 aromatic carbocycles. The van der Waals surface area contributed by atoms with Gasteiger partial charge in [0.25, 0.3) is 0 Å². The van der Waals surface area contributed by atoms with Gasteiger partial charge in [-0.05, 0) is 48.4 Å². The second-order valence-corrected chi connectivity index (χ2v) is 5.24. The molecule has 0 heterocycles. The minimum Gasteiger partial charge on any atom is -0.494 e. The minimum absolute atomic E-state index is 0.0117. The van der Waals surface area contributed by atoms with Crippen LogP contribution in [0.3, 0.4) is 0 Å². The van der Waals surface area contributed by atoms with E-state index >= 15 is 0 Å². The van der Waals surface area contributed by atoms with Crippen molar-refractivity contribution in [2.24, 2.45) is 0 Å². The van der Waals surface area contributed by atoms with Crippen molar-refractivity contribution < 1.29 is 9.84 Å². The Morgan fingerprint density at radius 2 is 1.76 bits per heavy atom. The Hall–Kier alpha value is -1.71. The zero-order chi connectivity index (χ0) is 15.1. The topological polar surface area (TPSA) is 41.5 Å². The summed E-state index contributed by atoms with van der Waals surface area (Å²) in [7, 11) is 0. The highest BCUT2D eigenvalue weighted by Gasteiger charge is 2.10. The van der Waals surface area contributed by atoms with Crippen LogP contribution in [0.2, 0.25) is 5.02 Å². The fraction of sp³-hybridized carbons (Fsp3) is 0.294. The maximum Gasteiger partial charge on any atom is 0.119 e. The van der Waals surface area contributed by atoms with E-state index in [1.165, 1.54) is 0 Å². The monoisotopic (exact) mass is 305 g/mol. The second-order valence-electron chi connectivity index (χ2n) is 4.80. The van der Waals surface area contributed by atoms with Crippen LogP contribution in [0.5, 0.6) is 5.75 Å². The summed E-state index contributed by atoms with van der Waals surface area (Å²) in [5.41, 5.74) is 1.93. The number of hydrogen-bond donors (Lipinski definition) is 2. The van der Waals surface area contributed by atoms with E-state index < -0.39 is 0 Å².